The lowest BCUT2D eigenvalue weighted by atomic mass is 10.2. The standard InChI is InChI=1S/C19H28N4O4.ClH/c1-5-22(6-2)17(25)13-20(3)11-14(24)12-23-18(26)15-9-7-8-10-16(15)21(4)19(23)27;/h7-10,14,24H,5-6,11-13H2,1-4H3;1H. The van der Waals surface area contributed by atoms with Crippen molar-refractivity contribution < 1.29 is 9.90 Å². The van der Waals surface area contributed by atoms with Gasteiger partial charge < -0.3 is 10.0 Å². The first-order valence-electron chi connectivity index (χ1n) is 9.13. The number of aromatic nitrogens is 2. The zero-order chi connectivity index (χ0) is 20.1. The number of aliphatic hydroxyl groups is 1. The van der Waals surface area contributed by atoms with Gasteiger partial charge in [-0.15, -0.1) is 12.4 Å². The third kappa shape index (κ3) is 5.21. The number of rotatable bonds is 8. The lowest BCUT2D eigenvalue weighted by Gasteiger charge is -2.24. The van der Waals surface area contributed by atoms with Crippen molar-refractivity contribution in [2.24, 2.45) is 7.05 Å². The molecule has 0 aliphatic carbocycles. The van der Waals surface area contributed by atoms with Crippen molar-refractivity contribution in [3.63, 3.8) is 0 Å². The van der Waals surface area contributed by atoms with Gasteiger partial charge in [0.05, 0.1) is 30.1 Å². The SMILES string of the molecule is CCN(CC)C(=O)CN(C)CC(O)Cn1c(=O)c2ccccc2n(C)c1=O.Cl. The molecule has 0 fully saturated rings. The number of carbonyl (C=O) groups is 1. The topological polar surface area (TPSA) is 87.8 Å². The number of benzene rings is 1. The minimum atomic E-state index is -0.953. The fourth-order valence-electron chi connectivity index (χ4n) is 3.22. The van der Waals surface area contributed by atoms with E-state index >= 15 is 0 Å². The second-order valence-electron chi connectivity index (χ2n) is 6.69. The van der Waals surface area contributed by atoms with Gasteiger partial charge in [0, 0.05) is 26.7 Å². The average Bonchev–Trinajstić information content (AvgIpc) is 2.64. The fourth-order valence-corrected chi connectivity index (χ4v) is 3.22. The molecule has 1 N–H and O–H groups in total. The average molecular weight is 413 g/mol. The van der Waals surface area contributed by atoms with Crippen LogP contribution < -0.4 is 11.2 Å². The minimum absolute atomic E-state index is 0. The molecule has 1 unspecified atom stereocenters. The van der Waals surface area contributed by atoms with E-state index in [-0.39, 0.29) is 37.9 Å². The molecule has 0 saturated heterocycles. The van der Waals surface area contributed by atoms with Gasteiger partial charge in [-0.3, -0.25) is 23.6 Å². The molecule has 0 radical (unpaired) electrons. The minimum Gasteiger partial charge on any atom is -0.390 e. The van der Waals surface area contributed by atoms with Gasteiger partial charge in [0.2, 0.25) is 5.91 Å². The van der Waals surface area contributed by atoms with Crippen molar-refractivity contribution >= 4 is 29.2 Å². The van der Waals surface area contributed by atoms with E-state index in [1.807, 2.05) is 13.8 Å². The molecule has 156 valence electrons. The molecule has 0 bridgehead atoms. The Labute approximate surface area is 170 Å². The van der Waals surface area contributed by atoms with Crippen molar-refractivity contribution in [2.75, 3.05) is 33.2 Å². The van der Waals surface area contributed by atoms with Crippen LogP contribution in [0, 0.1) is 0 Å². The third-order valence-corrected chi connectivity index (χ3v) is 4.70. The second-order valence-corrected chi connectivity index (χ2v) is 6.69. The number of aliphatic hydroxyl groups excluding tert-OH is 1. The van der Waals surface area contributed by atoms with Crippen molar-refractivity contribution in [1.82, 2.24) is 18.9 Å². The molecule has 1 amide bonds. The number of likely N-dealkylation sites (N-methyl/N-ethyl adjacent to an activating group) is 2. The van der Waals surface area contributed by atoms with E-state index in [0.717, 1.165) is 4.57 Å². The van der Waals surface area contributed by atoms with Crippen LogP contribution in [0.5, 0.6) is 0 Å². The summed E-state index contributed by atoms with van der Waals surface area (Å²) in [7, 11) is 3.33. The number of hydrogen-bond donors (Lipinski definition) is 1. The van der Waals surface area contributed by atoms with Gasteiger partial charge in [-0.1, -0.05) is 12.1 Å². The molecule has 28 heavy (non-hydrogen) atoms. The van der Waals surface area contributed by atoms with E-state index in [4.69, 9.17) is 0 Å². The second kappa shape index (κ2) is 10.4. The number of amides is 1. The molecule has 2 rings (SSSR count). The molecule has 9 heteroatoms. The van der Waals surface area contributed by atoms with E-state index < -0.39 is 17.4 Å². The normalized spacial score (nSPS) is 12.1. The van der Waals surface area contributed by atoms with Crippen LogP contribution >= 0.6 is 12.4 Å². The van der Waals surface area contributed by atoms with Crippen LogP contribution in [0.4, 0.5) is 0 Å². The van der Waals surface area contributed by atoms with Crippen LogP contribution in [0.25, 0.3) is 10.9 Å². The van der Waals surface area contributed by atoms with Gasteiger partial charge in [-0.25, -0.2) is 4.79 Å². The van der Waals surface area contributed by atoms with Crippen LogP contribution in [-0.4, -0.2) is 69.3 Å². The molecule has 0 aliphatic rings. The Morgan fingerprint density at radius 1 is 1.18 bits per heavy atom. The maximum absolute atomic E-state index is 12.6. The molecule has 1 aromatic heterocycles. The first-order valence-corrected chi connectivity index (χ1v) is 9.13. The smallest absolute Gasteiger partial charge is 0.331 e. The molecule has 1 atom stereocenters. The molecule has 2 aromatic rings. The van der Waals surface area contributed by atoms with Crippen molar-refractivity contribution in [2.45, 2.75) is 26.5 Å². The summed E-state index contributed by atoms with van der Waals surface area (Å²) in [5, 5.41) is 10.8. The zero-order valence-corrected chi connectivity index (χ0v) is 17.6. The van der Waals surface area contributed by atoms with Gasteiger partial charge in [0.25, 0.3) is 5.56 Å². The monoisotopic (exact) mass is 412 g/mol. The zero-order valence-electron chi connectivity index (χ0n) is 16.8. The summed E-state index contributed by atoms with van der Waals surface area (Å²) < 4.78 is 2.45. The molecule has 1 heterocycles. The summed E-state index contributed by atoms with van der Waals surface area (Å²) in [4.78, 5) is 40.7. The first-order chi connectivity index (χ1) is 12.8. The van der Waals surface area contributed by atoms with Gasteiger partial charge in [-0.05, 0) is 33.0 Å². The highest BCUT2D eigenvalue weighted by atomic mass is 35.5. The van der Waals surface area contributed by atoms with Crippen molar-refractivity contribution in [3.8, 4) is 0 Å². The molecule has 0 saturated carbocycles. The van der Waals surface area contributed by atoms with Crippen molar-refractivity contribution in [3.05, 3.63) is 45.1 Å². The van der Waals surface area contributed by atoms with E-state index in [0.29, 0.717) is 24.0 Å². The Morgan fingerprint density at radius 2 is 1.79 bits per heavy atom. The first kappa shape index (κ1) is 23.9. The summed E-state index contributed by atoms with van der Waals surface area (Å²) in [5.74, 6) is -0.0199. The lowest BCUT2D eigenvalue weighted by molar-refractivity contribution is -0.132. The molecule has 0 spiro atoms. The molecular weight excluding hydrogens is 384 g/mol. The molecule has 1 aromatic carbocycles. The van der Waals surface area contributed by atoms with Crippen LogP contribution in [0.15, 0.2) is 33.9 Å². The number of hydrogen-bond acceptors (Lipinski definition) is 5. The van der Waals surface area contributed by atoms with Gasteiger partial charge >= 0.3 is 5.69 Å². The lowest BCUT2D eigenvalue weighted by Crippen LogP contribution is -2.45. The number of para-hydroxylation sites is 1. The van der Waals surface area contributed by atoms with E-state index in [2.05, 4.69) is 0 Å². The third-order valence-electron chi connectivity index (χ3n) is 4.70. The Morgan fingerprint density at radius 3 is 2.39 bits per heavy atom. The summed E-state index contributed by atoms with van der Waals surface area (Å²) in [6.07, 6.45) is -0.953. The quantitative estimate of drug-likeness (QED) is 0.673. The Balaban J connectivity index is 0.00000392. The summed E-state index contributed by atoms with van der Waals surface area (Å²) in [6, 6.07) is 6.88. The number of aryl methyl sites for hydroxylation is 1. The Bertz CT molecular complexity index is 920. The van der Waals surface area contributed by atoms with E-state index in [1.165, 1.54) is 4.57 Å². The number of halogens is 1. The highest BCUT2D eigenvalue weighted by molar-refractivity contribution is 5.85. The number of fused-ring (bicyclic) bond motifs is 1. The van der Waals surface area contributed by atoms with Gasteiger partial charge in [0.1, 0.15) is 0 Å². The predicted octanol–water partition coefficient (Wildman–Crippen LogP) is 0.283. The maximum Gasteiger partial charge on any atom is 0.331 e. The number of nitrogens with zero attached hydrogens (tertiary/aromatic N) is 4. The van der Waals surface area contributed by atoms with Crippen LogP contribution in [0.2, 0.25) is 0 Å². The van der Waals surface area contributed by atoms with E-state index in [9.17, 15) is 19.5 Å². The Hall–Kier alpha value is -2.16. The number of carbonyl (C=O) groups excluding carboxylic acids is 1. The predicted molar refractivity (Wildman–Crippen MR) is 112 cm³/mol. The van der Waals surface area contributed by atoms with Crippen LogP contribution in [-0.2, 0) is 18.4 Å². The molecular formula is C19H29ClN4O4. The van der Waals surface area contributed by atoms with Crippen LogP contribution in [0.1, 0.15) is 13.8 Å². The summed E-state index contributed by atoms with van der Waals surface area (Å²) in [6.45, 7) is 5.32. The highest BCUT2D eigenvalue weighted by Crippen LogP contribution is 2.06. The van der Waals surface area contributed by atoms with Gasteiger partial charge in [0.15, 0.2) is 0 Å². The summed E-state index contributed by atoms with van der Waals surface area (Å²) in [5.41, 5.74) is -0.339. The van der Waals surface area contributed by atoms with E-state index in [1.54, 1.807) is 48.2 Å². The largest absolute Gasteiger partial charge is 0.390 e. The Kier molecular flexibility index (Phi) is 8.87. The maximum atomic E-state index is 12.6. The van der Waals surface area contributed by atoms with Gasteiger partial charge in [-0.2, -0.15) is 0 Å². The summed E-state index contributed by atoms with van der Waals surface area (Å²) >= 11 is 0. The molecule has 8 nitrogen and oxygen atoms in total. The molecule has 0 aliphatic heterocycles. The van der Waals surface area contributed by atoms with Crippen LogP contribution in [0.3, 0.4) is 0 Å². The fraction of sp³-hybridized carbons (Fsp3) is 0.526. The van der Waals surface area contributed by atoms with Crippen molar-refractivity contribution in [1.29, 1.82) is 0 Å². The highest BCUT2D eigenvalue weighted by Gasteiger charge is 2.18.